The number of hydrogen-bond acceptors (Lipinski definition) is 6. The van der Waals surface area contributed by atoms with Crippen molar-refractivity contribution < 1.29 is 28.7 Å². The van der Waals surface area contributed by atoms with E-state index >= 15 is 0 Å². The molecule has 2 saturated carbocycles. The number of imide groups is 1. The van der Waals surface area contributed by atoms with Crippen LogP contribution in [0.25, 0.3) is 0 Å². The van der Waals surface area contributed by atoms with Crippen molar-refractivity contribution >= 4 is 61.2 Å². The molecular formula is C21H22Br2N2O6. The second-order valence-electron chi connectivity index (χ2n) is 7.93. The number of carbonyl (C=O) groups excluding carboxylic acids is 4. The third-order valence-corrected chi connectivity index (χ3v) is 9.39. The van der Waals surface area contributed by atoms with E-state index in [1.165, 1.54) is 0 Å². The fraction of sp³-hybridized carbons (Fsp3) is 0.524. The molecule has 0 unspecified atom stereocenters. The molecular weight excluding hydrogens is 536 g/mol. The fourth-order valence-electron chi connectivity index (χ4n) is 4.89. The summed E-state index contributed by atoms with van der Waals surface area (Å²) in [5, 5.41) is 2.61. The number of amides is 3. The van der Waals surface area contributed by atoms with E-state index in [1.807, 2.05) is 6.92 Å². The Morgan fingerprint density at radius 1 is 1.06 bits per heavy atom. The molecule has 1 aromatic carbocycles. The van der Waals surface area contributed by atoms with Crippen LogP contribution in [-0.4, -0.2) is 58.0 Å². The van der Waals surface area contributed by atoms with Crippen LogP contribution in [0, 0.1) is 23.7 Å². The van der Waals surface area contributed by atoms with E-state index in [0.29, 0.717) is 18.0 Å². The van der Waals surface area contributed by atoms with E-state index in [0.717, 1.165) is 11.3 Å². The summed E-state index contributed by atoms with van der Waals surface area (Å²) in [5.41, 5.74) is 0.534. The summed E-state index contributed by atoms with van der Waals surface area (Å²) < 4.78 is 10.3. The lowest BCUT2D eigenvalue weighted by Crippen LogP contribution is -2.38. The quantitative estimate of drug-likeness (QED) is 0.314. The molecule has 10 heteroatoms. The van der Waals surface area contributed by atoms with Gasteiger partial charge in [0.15, 0.2) is 6.61 Å². The topological polar surface area (TPSA) is 102 Å². The van der Waals surface area contributed by atoms with Crippen LogP contribution in [-0.2, 0) is 23.9 Å². The number of rotatable bonds is 7. The van der Waals surface area contributed by atoms with Crippen LogP contribution in [0.5, 0.6) is 5.75 Å². The van der Waals surface area contributed by atoms with Gasteiger partial charge >= 0.3 is 5.97 Å². The molecule has 1 aliphatic heterocycles. The maximum absolute atomic E-state index is 12.8. The van der Waals surface area contributed by atoms with Gasteiger partial charge in [-0.1, -0.05) is 31.9 Å². The highest BCUT2D eigenvalue weighted by Gasteiger charge is 2.66. The fourth-order valence-corrected chi connectivity index (χ4v) is 6.76. The number of alkyl halides is 2. The first-order valence-electron chi connectivity index (χ1n) is 10.1. The molecule has 3 aliphatic rings. The Balaban J connectivity index is 1.28. The van der Waals surface area contributed by atoms with Gasteiger partial charge in [0.1, 0.15) is 12.3 Å². The van der Waals surface area contributed by atoms with Crippen LogP contribution in [0.2, 0.25) is 0 Å². The van der Waals surface area contributed by atoms with Gasteiger partial charge in [-0.2, -0.15) is 0 Å². The lowest BCUT2D eigenvalue weighted by molar-refractivity contribution is -0.154. The maximum atomic E-state index is 12.8. The molecule has 1 heterocycles. The van der Waals surface area contributed by atoms with Crippen molar-refractivity contribution in [3.63, 3.8) is 0 Å². The molecule has 2 bridgehead atoms. The molecule has 0 aromatic heterocycles. The second kappa shape index (κ2) is 8.90. The highest BCUT2D eigenvalue weighted by Crippen LogP contribution is 2.60. The van der Waals surface area contributed by atoms with Gasteiger partial charge < -0.3 is 14.8 Å². The Bertz CT molecular complexity index is 876. The number of anilines is 1. The van der Waals surface area contributed by atoms with E-state index in [4.69, 9.17) is 9.47 Å². The Hall–Kier alpha value is -1.94. The summed E-state index contributed by atoms with van der Waals surface area (Å²) in [6.07, 6.45) is 0.822. The number of ether oxygens (including phenoxy) is 2. The van der Waals surface area contributed by atoms with Gasteiger partial charge in [-0.25, -0.2) is 0 Å². The van der Waals surface area contributed by atoms with Crippen molar-refractivity contribution in [2.45, 2.75) is 23.0 Å². The first-order valence-corrected chi connectivity index (χ1v) is 12.0. The zero-order valence-electron chi connectivity index (χ0n) is 16.8. The second-order valence-corrected chi connectivity index (χ2v) is 10.0. The van der Waals surface area contributed by atoms with Crippen molar-refractivity contribution in [3.8, 4) is 5.75 Å². The van der Waals surface area contributed by atoms with Crippen LogP contribution < -0.4 is 10.1 Å². The summed E-state index contributed by atoms with van der Waals surface area (Å²) in [6, 6.07) is 6.78. The van der Waals surface area contributed by atoms with Crippen molar-refractivity contribution in [1.29, 1.82) is 0 Å². The number of halogens is 2. The van der Waals surface area contributed by atoms with Crippen molar-refractivity contribution in [2.75, 3.05) is 25.1 Å². The summed E-state index contributed by atoms with van der Waals surface area (Å²) in [5.74, 6) is -1.87. The average Bonchev–Trinajstić information content (AvgIpc) is 3.35. The minimum Gasteiger partial charge on any atom is -0.494 e. The number of fused-ring (bicyclic) bond motifs is 5. The third kappa shape index (κ3) is 4.11. The molecule has 3 fully saturated rings. The predicted molar refractivity (Wildman–Crippen MR) is 118 cm³/mol. The number of likely N-dealkylation sites (tertiary alicyclic amines) is 1. The Morgan fingerprint density at radius 3 is 2.19 bits per heavy atom. The number of hydrogen-bond donors (Lipinski definition) is 1. The summed E-state index contributed by atoms with van der Waals surface area (Å²) >= 11 is 7.25. The van der Waals surface area contributed by atoms with E-state index in [9.17, 15) is 19.2 Å². The van der Waals surface area contributed by atoms with Gasteiger partial charge in [0.2, 0.25) is 11.8 Å². The van der Waals surface area contributed by atoms with Gasteiger partial charge in [0.05, 0.1) is 18.4 Å². The lowest BCUT2D eigenvalue weighted by atomic mass is 9.81. The molecule has 0 radical (unpaired) electrons. The van der Waals surface area contributed by atoms with E-state index < -0.39 is 25.0 Å². The van der Waals surface area contributed by atoms with Gasteiger partial charge in [0, 0.05) is 15.3 Å². The van der Waals surface area contributed by atoms with Gasteiger partial charge in [-0.05, 0) is 49.4 Å². The standard InChI is InChI=1S/C21H22Br2N2O6/c1-2-30-11-5-3-10(4-6-11)24-14(26)9-31-15(27)8-25-20(28)16-12-7-13(17(16)21(25)29)19(23)18(12)22/h3-6,12-13,16-19H,2,7-9H2,1H3,(H,24,26)/t12-,13-,16-,17+,18+,19+/m1/s1. The average molecular weight is 558 g/mol. The summed E-state index contributed by atoms with van der Waals surface area (Å²) in [7, 11) is 0. The third-order valence-electron chi connectivity index (χ3n) is 6.18. The van der Waals surface area contributed by atoms with Crippen molar-refractivity contribution in [1.82, 2.24) is 4.90 Å². The SMILES string of the molecule is CCOc1ccc(NC(=O)COC(=O)CN2C(=O)[C@@H]3[C@H]4C[C@@H]([C@H](Br)[C@H]4Br)[C@@H]3C2=O)cc1. The molecule has 1 N–H and O–H groups in total. The highest BCUT2D eigenvalue weighted by molar-refractivity contribution is 9.12. The van der Waals surface area contributed by atoms with Gasteiger partial charge in [-0.3, -0.25) is 24.1 Å². The summed E-state index contributed by atoms with van der Waals surface area (Å²) in [4.78, 5) is 51.1. The Labute approximate surface area is 196 Å². The number of nitrogens with zero attached hydrogens (tertiary/aromatic N) is 1. The van der Waals surface area contributed by atoms with Gasteiger partial charge in [0.25, 0.3) is 5.91 Å². The Morgan fingerprint density at radius 2 is 1.65 bits per heavy atom. The van der Waals surface area contributed by atoms with Crippen molar-refractivity contribution in [3.05, 3.63) is 24.3 Å². The minimum atomic E-state index is -0.790. The minimum absolute atomic E-state index is 0.0803. The highest BCUT2D eigenvalue weighted by atomic mass is 79.9. The normalized spacial score (nSPS) is 31.0. The molecule has 2 aliphatic carbocycles. The first kappa shape index (κ1) is 22.3. The molecule has 31 heavy (non-hydrogen) atoms. The van der Waals surface area contributed by atoms with Crippen LogP contribution >= 0.6 is 31.9 Å². The molecule has 1 aromatic rings. The molecule has 0 spiro atoms. The largest absolute Gasteiger partial charge is 0.494 e. The smallest absolute Gasteiger partial charge is 0.326 e. The molecule has 4 rings (SSSR count). The van der Waals surface area contributed by atoms with E-state index in [-0.39, 0.29) is 45.1 Å². The van der Waals surface area contributed by atoms with E-state index in [1.54, 1.807) is 24.3 Å². The van der Waals surface area contributed by atoms with Crippen LogP contribution in [0.15, 0.2) is 24.3 Å². The molecule has 1 saturated heterocycles. The number of nitrogens with one attached hydrogen (secondary N) is 1. The molecule has 6 atom stereocenters. The van der Waals surface area contributed by atoms with Gasteiger partial charge in [-0.15, -0.1) is 0 Å². The number of carbonyl (C=O) groups is 4. The number of esters is 1. The first-order chi connectivity index (χ1) is 14.8. The Kier molecular flexibility index (Phi) is 6.39. The molecule has 3 amide bonds. The number of benzene rings is 1. The predicted octanol–water partition coefficient (Wildman–Crippen LogP) is 2.34. The lowest BCUT2D eigenvalue weighted by Gasteiger charge is -2.28. The molecule has 8 nitrogen and oxygen atoms in total. The molecule has 166 valence electrons. The van der Waals surface area contributed by atoms with Crippen LogP contribution in [0.1, 0.15) is 13.3 Å². The monoisotopic (exact) mass is 556 g/mol. The summed E-state index contributed by atoms with van der Waals surface area (Å²) in [6.45, 7) is 1.44. The zero-order valence-corrected chi connectivity index (χ0v) is 19.9. The van der Waals surface area contributed by atoms with Crippen LogP contribution in [0.3, 0.4) is 0 Å². The van der Waals surface area contributed by atoms with Crippen molar-refractivity contribution in [2.24, 2.45) is 23.7 Å². The van der Waals surface area contributed by atoms with E-state index in [2.05, 4.69) is 37.2 Å². The maximum Gasteiger partial charge on any atom is 0.326 e. The van der Waals surface area contributed by atoms with Crippen LogP contribution in [0.4, 0.5) is 5.69 Å². The zero-order chi connectivity index (χ0) is 22.3.